The van der Waals surface area contributed by atoms with Gasteiger partial charge in [-0.1, -0.05) is 23.7 Å². The fourth-order valence-corrected chi connectivity index (χ4v) is 1.97. The molecule has 1 saturated heterocycles. The van der Waals surface area contributed by atoms with E-state index in [1.807, 2.05) is 24.3 Å². The molecule has 1 aliphatic rings. The van der Waals surface area contributed by atoms with Gasteiger partial charge in [-0.15, -0.1) is 0 Å². The van der Waals surface area contributed by atoms with Crippen LogP contribution in [-0.2, 0) is 19.2 Å². The Bertz CT molecular complexity index is 584. The van der Waals surface area contributed by atoms with Gasteiger partial charge < -0.3 is 31.1 Å². The molecule has 1 aromatic rings. The lowest BCUT2D eigenvalue weighted by Crippen LogP contribution is -2.29. The number of carboxylic acid groups (broad SMARTS) is 4. The summed E-state index contributed by atoms with van der Waals surface area (Å²) in [5.74, 6) is -7.30. The topological polar surface area (TPSA) is 173 Å². The van der Waals surface area contributed by atoms with Crippen molar-refractivity contribution >= 4 is 41.2 Å². The molecule has 0 spiro atoms. The normalized spacial score (nSPS) is 14.7. The number of anilines is 1. The molecule has 1 aliphatic heterocycles. The van der Waals surface area contributed by atoms with Crippen LogP contribution in [0.3, 0.4) is 0 Å². The minimum atomic E-state index is -1.82. The van der Waals surface area contributed by atoms with Crippen LogP contribution in [0.1, 0.15) is 12.8 Å². The average Bonchev–Trinajstić information content (AvgIpc) is 3.08. The zero-order valence-corrected chi connectivity index (χ0v) is 14.3. The van der Waals surface area contributed by atoms with Crippen molar-refractivity contribution in [3.05, 3.63) is 29.3 Å². The first-order chi connectivity index (χ1) is 12.1. The number of halogens is 1. The maximum Gasteiger partial charge on any atom is 0.414 e. The van der Waals surface area contributed by atoms with E-state index >= 15 is 0 Å². The van der Waals surface area contributed by atoms with Crippen LogP contribution in [0.25, 0.3) is 0 Å². The highest BCUT2D eigenvalue weighted by Gasteiger charge is 2.13. The van der Waals surface area contributed by atoms with Crippen LogP contribution >= 0.6 is 11.6 Å². The largest absolute Gasteiger partial charge is 0.473 e. The second-order valence-electron chi connectivity index (χ2n) is 4.87. The Hall–Kier alpha value is -2.85. The van der Waals surface area contributed by atoms with Gasteiger partial charge in [0.15, 0.2) is 0 Å². The molecule has 144 valence electrons. The lowest BCUT2D eigenvalue weighted by atomic mass is 10.2. The zero-order valence-electron chi connectivity index (χ0n) is 13.5. The summed E-state index contributed by atoms with van der Waals surface area (Å²) in [6, 6.07) is 8.47. The van der Waals surface area contributed by atoms with Crippen molar-refractivity contribution < 1.29 is 39.6 Å². The van der Waals surface area contributed by atoms with Gasteiger partial charge in [0.1, 0.15) is 0 Å². The molecule has 0 radical (unpaired) electrons. The number of hydrogen-bond acceptors (Lipinski definition) is 6. The molecule has 10 nitrogen and oxygen atoms in total. The third-order valence-electron chi connectivity index (χ3n) is 2.94. The molecular weight excluding hydrogens is 372 g/mol. The van der Waals surface area contributed by atoms with Crippen LogP contribution in [0.2, 0.25) is 5.02 Å². The molecule has 1 heterocycles. The first-order valence-corrected chi connectivity index (χ1v) is 7.67. The van der Waals surface area contributed by atoms with Gasteiger partial charge >= 0.3 is 23.9 Å². The number of nitrogens with one attached hydrogen (secondary N) is 2. The van der Waals surface area contributed by atoms with E-state index in [1.165, 1.54) is 12.8 Å². The quantitative estimate of drug-likeness (QED) is 0.405. The lowest BCUT2D eigenvalue weighted by molar-refractivity contribution is -0.159. The van der Waals surface area contributed by atoms with Crippen molar-refractivity contribution in [2.75, 3.05) is 18.4 Å². The molecule has 1 atom stereocenters. The second kappa shape index (κ2) is 12.5. The number of para-hydroxylation sites is 1. The summed E-state index contributed by atoms with van der Waals surface area (Å²) in [5, 5.41) is 37.2. The van der Waals surface area contributed by atoms with Crippen molar-refractivity contribution in [2.24, 2.45) is 0 Å². The SMILES string of the molecule is Clc1ccccc1NCC1CCCN1.O=C(O)C(=O)O.O=C(O)C(=O)O. The van der Waals surface area contributed by atoms with Crippen LogP contribution in [0.4, 0.5) is 5.69 Å². The van der Waals surface area contributed by atoms with Crippen LogP contribution in [0, 0.1) is 0 Å². The Morgan fingerprint density at radius 1 is 1.00 bits per heavy atom. The Labute approximate surface area is 153 Å². The van der Waals surface area contributed by atoms with Crippen molar-refractivity contribution in [3.63, 3.8) is 0 Å². The molecule has 2 rings (SSSR count). The highest BCUT2D eigenvalue weighted by molar-refractivity contribution is 6.33. The first kappa shape index (κ1) is 23.1. The third-order valence-corrected chi connectivity index (χ3v) is 3.27. The van der Waals surface area contributed by atoms with Gasteiger partial charge in [0, 0.05) is 12.6 Å². The van der Waals surface area contributed by atoms with Crippen LogP contribution in [0.15, 0.2) is 24.3 Å². The number of aliphatic carboxylic acids is 4. The molecule has 0 amide bonds. The third kappa shape index (κ3) is 10.8. The minimum absolute atomic E-state index is 0.603. The summed E-state index contributed by atoms with van der Waals surface area (Å²) in [6.45, 7) is 2.11. The van der Waals surface area contributed by atoms with E-state index in [0.717, 1.165) is 23.8 Å². The number of carbonyl (C=O) groups is 4. The second-order valence-corrected chi connectivity index (χ2v) is 5.28. The Morgan fingerprint density at radius 3 is 1.88 bits per heavy atom. The van der Waals surface area contributed by atoms with Gasteiger partial charge in [0.25, 0.3) is 0 Å². The molecule has 0 bridgehead atoms. The summed E-state index contributed by atoms with van der Waals surface area (Å²) in [5.41, 5.74) is 1.03. The van der Waals surface area contributed by atoms with E-state index in [0.29, 0.717) is 6.04 Å². The van der Waals surface area contributed by atoms with Crippen LogP contribution in [-0.4, -0.2) is 63.4 Å². The van der Waals surface area contributed by atoms with Gasteiger partial charge in [-0.2, -0.15) is 0 Å². The minimum Gasteiger partial charge on any atom is -0.473 e. The van der Waals surface area contributed by atoms with Gasteiger partial charge in [-0.3, -0.25) is 0 Å². The van der Waals surface area contributed by atoms with Crippen molar-refractivity contribution in [3.8, 4) is 0 Å². The number of benzene rings is 1. The van der Waals surface area contributed by atoms with Crippen molar-refractivity contribution in [2.45, 2.75) is 18.9 Å². The zero-order chi connectivity index (χ0) is 20.1. The molecule has 11 heteroatoms. The Balaban J connectivity index is 0.000000437. The summed E-state index contributed by atoms with van der Waals surface area (Å²) < 4.78 is 0. The maximum atomic E-state index is 9.10. The Kier molecular flexibility index (Phi) is 11.1. The van der Waals surface area contributed by atoms with Crippen molar-refractivity contribution in [1.29, 1.82) is 0 Å². The fourth-order valence-electron chi connectivity index (χ4n) is 1.77. The number of carboxylic acids is 4. The predicted octanol–water partition coefficient (Wildman–Crippen LogP) is 0.815. The monoisotopic (exact) mass is 390 g/mol. The van der Waals surface area contributed by atoms with E-state index in [-0.39, 0.29) is 0 Å². The fraction of sp³-hybridized carbons (Fsp3) is 0.333. The average molecular weight is 391 g/mol. The smallest absolute Gasteiger partial charge is 0.414 e. The van der Waals surface area contributed by atoms with Crippen LogP contribution < -0.4 is 10.6 Å². The Morgan fingerprint density at radius 2 is 1.50 bits per heavy atom. The summed E-state index contributed by atoms with van der Waals surface area (Å²) >= 11 is 6.03. The van der Waals surface area contributed by atoms with E-state index in [2.05, 4.69) is 10.6 Å². The van der Waals surface area contributed by atoms with Gasteiger partial charge in [-0.25, -0.2) is 19.2 Å². The molecule has 1 fully saturated rings. The lowest BCUT2D eigenvalue weighted by Gasteiger charge is -2.13. The van der Waals surface area contributed by atoms with Crippen LogP contribution in [0.5, 0.6) is 0 Å². The molecule has 1 unspecified atom stereocenters. The molecule has 0 aliphatic carbocycles. The molecule has 1 aromatic carbocycles. The van der Waals surface area contributed by atoms with E-state index in [9.17, 15) is 0 Å². The highest BCUT2D eigenvalue weighted by atomic mass is 35.5. The molecule has 26 heavy (non-hydrogen) atoms. The summed E-state index contributed by atoms with van der Waals surface area (Å²) in [6.07, 6.45) is 2.55. The summed E-state index contributed by atoms with van der Waals surface area (Å²) in [7, 11) is 0. The summed E-state index contributed by atoms with van der Waals surface area (Å²) in [4.78, 5) is 36.4. The molecular formula is C15H19ClN2O8. The molecule has 0 aromatic heterocycles. The van der Waals surface area contributed by atoms with E-state index in [4.69, 9.17) is 51.2 Å². The van der Waals surface area contributed by atoms with Gasteiger partial charge in [0.2, 0.25) is 0 Å². The van der Waals surface area contributed by atoms with E-state index < -0.39 is 23.9 Å². The van der Waals surface area contributed by atoms with Crippen molar-refractivity contribution in [1.82, 2.24) is 5.32 Å². The van der Waals surface area contributed by atoms with Gasteiger partial charge in [0.05, 0.1) is 10.7 Å². The van der Waals surface area contributed by atoms with Gasteiger partial charge in [-0.05, 0) is 31.5 Å². The standard InChI is InChI=1S/C11H15ClN2.2C2H2O4/c12-10-5-1-2-6-11(10)14-8-9-4-3-7-13-9;2*3-1(4)2(5)6/h1-2,5-6,9,13-14H,3-4,7-8H2;2*(H,3,4)(H,5,6). The number of rotatable bonds is 3. The maximum absolute atomic E-state index is 9.10. The predicted molar refractivity (Wildman–Crippen MR) is 91.5 cm³/mol. The van der Waals surface area contributed by atoms with E-state index in [1.54, 1.807) is 0 Å². The number of hydrogen-bond donors (Lipinski definition) is 6. The molecule has 0 saturated carbocycles. The molecule has 6 N–H and O–H groups in total. The first-order valence-electron chi connectivity index (χ1n) is 7.29. The highest BCUT2D eigenvalue weighted by Crippen LogP contribution is 2.20.